The van der Waals surface area contributed by atoms with Gasteiger partial charge in [0, 0.05) is 16.5 Å². The smallest absolute Gasteiger partial charge is 0.261 e. The van der Waals surface area contributed by atoms with Gasteiger partial charge in [-0.15, -0.1) is 0 Å². The van der Waals surface area contributed by atoms with Gasteiger partial charge in [-0.3, -0.25) is 4.79 Å². The minimum atomic E-state index is -0.584. The van der Waals surface area contributed by atoms with Gasteiger partial charge < -0.3 is 14.8 Å². The molecule has 5 heteroatoms. The van der Waals surface area contributed by atoms with Crippen molar-refractivity contribution in [3.8, 4) is 11.5 Å². The number of hydrogen-bond acceptors (Lipinski definition) is 3. The molecular weight excluding hydrogens is 382 g/mol. The fourth-order valence-electron chi connectivity index (χ4n) is 2.99. The standard InChI is InChI=1S/C20H22BrNO3/c1-13(24-15-10-8-14(21)9-11-15)19(23)22-17-12-20(2,3)25-18-7-5-4-6-16(17)18/h4-11,13,17H,12H2,1-3H3,(H,22,23). The third-order valence-electron chi connectivity index (χ3n) is 4.19. The van der Waals surface area contributed by atoms with Crippen molar-refractivity contribution in [3.05, 3.63) is 58.6 Å². The Morgan fingerprint density at radius 1 is 1.24 bits per heavy atom. The van der Waals surface area contributed by atoms with E-state index < -0.39 is 6.10 Å². The summed E-state index contributed by atoms with van der Waals surface area (Å²) in [7, 11) is 0. The summed E-state index contributed by atoms with van der Waals surface area (Å²) in [6.07, 6.45) is 0.125. The summed E-state index contributed by atoms with van der Waals surface area (Å²) in [6.45, 7) is 5.82. The van der Waals surface area contributed by atoms with Crippen molar-refractivity contribution in [2.75, 3.05) is 0 Å². The zero-order chi connectivity index (χ0) is 18.0. The fraction of sp³-hybridized carbons (Fsp3) is 0.350. The molecule has 2 aromatic carbocycles. The molecule has 2 atom stereocenters. The van der Waals surface area contributed by atoms with Gasteiger partial charge in [0.15, 0.2) is 6.10 Å². The second-order valence-electron chi connectivity index (χ2n) is 6.88. The SMILES string of the molecule is CC(Oc1ccc(Br)cc1)C(=O)NC1CC(C)(C)Oc2ccccc21. The van der Waals surface area contributed by atoms with Crippen LogP contribution < -0.4 is 14.8 Å². The van der Waals surface area contributed by atoms with Crippen molar-refractivity contribution in [3.63, 3.8) is 0 Å². The van der Waals surface area contributed by atoms with Crippen molar-refractivity contribution in [2.24, 2.45) is 0 Å². The molecule has 0 fully saturated rings. The molecule has 0 aromatic heterocycles. The Hall–Kier alpha value is -2.01. The van der Waals surface area contributed by atoms with Crippen molar-refractivity contribution in [1.82, 2.24) is 5.32 Å². The molecule has 0 spiro atoms. The lowest BCUT2D eigenvalue weighted by molar-refractivity contribution is -0.128. The number of fused-ring (bicyclic) bond motifs is 1. The van der Waals surface area contributed by atoms with Gasteiger partial charge in [-0.25, -0.2) is 0 Å². The summed E-state index contributed by atoms with van der Waals surface area (Å²) < 4.78 is 12.7. The number of amides is 1. The second kappa shape index (κ2) is 7.08. The number of carbonyl (C=O) groups is 1. The van der Waals surface area contributed by atoms with Crippen LogP contribution in [-0.4, -0.2) is 17.6 Å². The van der Waals surface area contributed by atoms with Gasteiger partial charge in [-0.1, -0.05) is 34.1 Å². The van der Waals surface area contributed by atoms with Gasteiger partial charge >= 0.3 is 0 Å². The van der Waals surface area contributed by atoms with Crippen LogP contribution in [0, 0.1) is 0 Å². The monoisotopic (exact) mass is 403 g/mol. The van der Waals surface area contributed by atoms with Crippen molar-refractivity contribution in [2.45, 2.75) is 44.9 Å². The Morgan fingerprint density at radius 2 is 1.92 bits per heavy atom. The van der Waals surface area contributed by atoms with E-state index in [-0.39, 0.29) is 17.6 Å². The largest absolute Gasteiger partial charge is 0.487 e. The van der Waals surface area contributed by atoms with Gasteiger partial charge in [0.1, 0.15) is 17.1 Å². The van der Waals surface area contributed by atoms with Gasteiger partial charge in [0.05, 0.1) is 6.04 Å². The topological polar surface area (TPSA) is 47.6 Å². The number of benzene rings is 2. The van der Waals surface area contributed by atoms with Gasteiger partial charge in [-0.2, -0.15) is 0 Å². The highest BCUT2D eigenvalue weighted by Gasteiger charge is 2.35. The normalized spacial score (nSPS) is 19.3. The fourth-order valence-corrected chi connectivity index (χ4v) is 3.26. The maximum absolute atomic E-state index is 12.6. The number of halogens is 1. The number of carbonyl (C=O) groups excluding carboxylic acids is 1. The summed E-state index contributed by atoms with van der Waals surface area (Å²) in [5.74, 6) is 1.35. The number of hydrogen-bond donors (Lipinski definition) is 1. The van der Waals surface area contributed by atoms with Crippen LogP contribution in [0.1, 0.15) is 38.8 Å². The van der Waals surface area contributed by atoms with Crippen LogP contribution in [0.15, 0.2) is 53.0 Å². The highest BCUT2D eigenvalue weighted by atomic mass is 79.9. The first-order valence-electron chi connectivity index (χ1n) is 8.35. The predicted octanol–water partition coefficient (Wildman–Crippen LogP) is 4.64. The molecule has 1 amide bonds. The van der Waals surface area contributed by atoms with Crippen molar-refractivity contribution < 1.29 is 14.3 Å². The molecule has 2 aromatic rings. The van der Waals surface area contributed by atoms with E-state index >= 15 is 0 Å². The number of para-hydroxylation sites is 1. The molecule has 1 heterocycles. The highest BCUT2D eigenvalue weighted by molar-refractivity contribution is 9.10. The van der Waals surface area contributed by atoms with E-state index in [9.17, 15) is 4.79 Å². The van der Waals surface area contributed by atoms with Crippen molar-refractivity contribution >= 4 is 21.8 Å². The van der Waals surface area contributed by atoms with Crippen LogP contribution >= 0.6 is 15.9 Å². The van der Waals surface area contributed by atoms with Crippen LogP contribution in [0.2, 0.25) is 0 Å². The molecule has 3 rings (SSSR count). The summed E-state index contributed by atoms with van der Waals surface area (Å²) >= 11 is 3.39. The van der Waals surface area contributed by atoms with E-state index in [1.165, 1.54) is 0 Å². The van der Waals surface area contributed by atoms with Gasteiger partial charge in [0.2, 0.25) is 0 Å². The Balaban J connectivity index is 1.70. The van der Waals surface area contributed by atoms with E-state index in [1.807, 2.05) is 62.4 Å². The zero-order valence-corrected chi connectivity index (χ0v) is 16.2. The van der Waals surface area contributed by atoms with Crippen LogP contribution in [0.3, 0.4) is 0 Å². The Kier molecular flexibility index (Phi) is 5.04. The summed E-state index contributed by atoms with van der Waals surface area (Å²) in [4.78, 5) is 12.6. The van der Waals surface area contributed by atoms with E-state index in [2.05, 4.69) is 21.2 Å². The molecule has 4 nitrogen and oxygen atoms in total. The summed E-state index contributed by atoms with van der Waals surface area (Å²) in [6, 6.07) is 15.2. The molecule has 25 heavy (non-hydrogen) atoms. The third kappa shape index (κ3) is 4.34. The van der Waals surface area contributed by atoms with Crippen molar-refractivity contribution in [1.29, 1.82) is 0 Å². The molecule has 0 radical (unpaired) electrons. The molecule has 1 N–H and O–H groups in total. The molecule has 0 saturated heterocycles. The van der Waals surface area contributed by atoms with E-state index in [1.54, 1.807) is 6.92 Å². The average Bonchev–Trinajstić information content (AvgIpc) is 2.56. The molecule has 0 saturated carbocycles. The quantitative estimate of drug-likeness (QED) is 0.808. The number of nitrogens with one attached hydrogen (secondary N) is 1. The maximum atomic E-state index is 12.6. The van der Waals surface area contributed by atoms with E-state index in [0.717, 1.165) is 15.8 Å². The summed E-state index contributed by atoms with van der Waals surface area (Å²) in [5, 5.41) is 3.11. The lowest BCUT2D eigenvalue weighted by Crippen LogP contribution is -2.44. The first-order valence-corrected chi connectivity index (χ1v) is 9.14. The first-order chi connectivity index (χ1) is 11.8. The van der Waals surface area contributed by atoms with Gasteiger partial charge in [0.25, 0.3) is 5.91 Å². The Morgan fingerprint density at radius 3 is 2.64 bits per heavy atom. The minimum absolute atomic E-state index is 0.0941. The first kappa shape index (κ1) is 17.8. The Labute approximate surface area is 156 Å². The predicted molar refractivity (Wildman–Crippen MR) is 101 cm³/mol. The van der Waals surface area contributed by atoms with E-state index in [4.69, 9.17) is 9.47 Å². The number of ether oxygens (including phenoxy) is 2. The minimum Gasteiger partial charge on any atom is -0.487 e. The second-order valence-corrected chi connectivity index (χ2v) is 7.79. The maximum Gasteiger partial charge on any atom is 0.261 e. The van der Waals surface area contributed by atoms with Crippen LogP contribution in [0.4, 0.5) is 0 Å². The molecule has 2 unspecified atom stereocenters. The number of rotatable bonds is 4. The van der Waals surface area contributed by atoms with Crippen LogP contribution in [-0.2, 0) is 4.79 Å². The van der Waals surface area contributed by atoms with E-state index in [0.29, 0.717) is 12.2 Å². The molecule has 0 bridgehead atoms. The Bertz CT molecular complexity index is 758. The van der Waals surface area contributed by atoms with Crippen LogP contribution in [0.5, 0.6) is 11.5 Å². The lowest BCUT2D eigenvalue weighted by Gasteiger charge is -2.38. The average molecular weight is 404 g/mol. The molecule has 1 aliphatic heterocycles. The third-order valence-corrected chi connectivity index (χ3v) is 4.72. The van der Waals surface area contributed by atoms with Gasteiger partial charge in [-0.05, 0) is 51.1 Å². The zero-order valence-electron chi connectivity index (χ0n) is 14.6. The molecular formula is C20H22BrNO3. The highest BCUT2D eigenvalue weighted by Crippen LogP contribution is 2.39. The summed E-state index contributed by atoms with van der Waals surface area (Å²) in [5.41, 5.74) is 0.674. The molecule has 0 aliphatic carbocycles. The lowest BCUT2D eigenvalue weighted by atomic mass is 9.89. The van der Waals surface area contributed by atoms with Crippen LogP contribution in [0.25, 0.3) is 0 Å². The molecule has 132 valence electrons. The molecule has 1 aliphatic rings.